The van der Waals surface area contributed by atoms with Crippen LogP contribution in [0.25, 0.3) is 16.6 Å². The Morgan fingerprint density at radius 2 is 1.63 bits per heavy atom. The second-order valence-electron chi connectivity index (χ2n) is 7.23. The number of aromatic nitrogens is 1. The van der Waals surface area contributed by atoms with Crippen LogP contribution in [0, 0.1) is 0 Å². The van der Waals surface area contributed by atoms with E-state index in [-0.39, 0.29) is 5.92 Å². The maximum Gasteiger partial charge on any atom is 0.401 e. The number of para-hydroxylation sites is 1. The van der Waals surface area contributed by atoms with E-state index >= 15 is 0 Å². The molecule has 0 atom stereocenters. The SMILES string of the molecule is Nc1ccc(-n2cc(C3CCN(CC(F)(F)F)CC3)c3ccccc32)cc1. The van der Waals surface area contributed by atoms with Crippen LogP contribution in [0.4, 0.5) is 18.9 Å². The van der Waals surface area contributed by atoms with Crippen molar-refractivity contribution in [1.82, 2.24) is 9.47 Å². The summed E-state index contributed by atoms with van der Waals surface area (Å²) in [6, 6.07) is 15.9. The molecule has 0 amide bonds. The summed E-state index contributed by atoms with van der Waals surface area (Å²) in [5.74, 6) is 0.273. The van der Waals surface area contributed by atoms with Gasteiger partial charge in [0.2, 0.25) is 0 Å². The Morgan fingerprint density at radius 1 is 0.963 bits per heavy atom. The first-order valence-electron chi connectivity index (χ1n) is 9.16. The fourth-order valence-electron chi connectivity index (χ4n) is 4.04. The Morgan fingerprint density at radius 3 is 2.30 bits per heavy atom. The van der Waals surface area contributed by atoms with Crippen molar-refractivity contribution in [1.29, 1.82) is 0 Å². The van der Waals surface area contributed by atoms with Crippen molar-refractivity contribution in [3.05, 3.63) is 60.3 Å². The summed E-state index contributed by atoms with van der Waals surface area (Å²) >= 11 is 0. The number of rotatable bonds is 3. The van der Waals surface area contributed by atoms with E-state index in [1.165, 1.54) is 15.8 Å². The number of piperidine rings is 1. The Hall–Kier alpha value is -2.47. The molecule has 142 valence electrons. The number of halogens is 3. The van der Waals surface area contributed by atoms with Gasteiger partial charge in [-0.05, 0) is 67.7 Å². The van der Waals surface area contributed by atoms with Crippen LogP contribution >= 0.6 is 0 Å². The monoisotopic (exact) mass is 373 g/mol. The maximum absolute atomic E-state index is 12.6. The number of hydrogen-bond donors (Lipinski definition) is 1. The molecule has 0 unspecified atom stereocenters. The standard InChI is InChI=1S/C21H22F3N3/c22-21(23,24)14-26-11-9-15(10-12-26)19-13-27(17-7-5-16(25)6-8-17)20-4-2-1-3-18(19)20/h1-8,13,15H,9-12,14,25H2. The quantitative estimate of drug-likeness (QED) is 0.659. The molecule has 0 radical (unpaired) electrons. The van der Waals surface area contributed by atoms with Crippen LogP contribution in [0.2, 0.25) is 0 Å². The maximum atomic E-state index is 12.6. The number of nitrogens with two attached hydrogens (primary N) is 1. The normalized spacial score (nSPS) is 16.9. The van der Waals surface area contributed by atoms with E-state index in [1.807, 2.05) is 36.4 Å². The first-order chi connectivity index (χ1) is 12.9. The molecule has 1 fully saturated rings. The average molecular weight is 373 g/mol. The van der Waals surface area contributed by atoms with Crippen LogP contribution in [0.15, 0.2) is 54.7 Å². The smallest absolute Gasteiger partial charge is 0.399 e. The van der Waals surface area contributed by atoms with Crippen LogP contribution in [-0.4, -0.2) is 35.3 Å². The van der Waals surface area contributed by atoms with Crippen molar-refractivity contribution >= 4 is 16.6 Å². The first kappa shape index (κ1) is 17.9. The van der Waals surface area contributed by atoms with Crippen molar-refractivity contribution in [3.63, 3.8) is 0 Å². The van der Waals surface area contributed by atoms with Crippen LogP contribution in [0.5, 0.6) is 0 Å². The summed E-state index contributed by atoms with van der Waals surface area (Å²) in [4.78, 5) is 1.51. The minimum atomic E-state index is -4.13. The molecule has 0 saturated carbocycles. The van der Waals surface area contributed by atoms with Gasteiger partial charge in [0.15, 0.2) is 0 Å². The molecule has 1 aromatic heterocycles. The second-order valence-corrected chi connectivity index (χ2v) is 7.23. The number of nitrogens with zero attached hydrogens (tertiary/aromatic N) is 2. The molecule has 4 rings (SSSR count). The van der Waals surface area contributed by atoms with Crippen molar-refractivity contribution in [2.45, 2.75) is 24.9 Å². The molecule has 0 spiro atoms. The van der Waals surface area contributed by atoms with Gasteiger partial charge in [-0.1, -0.05) is 18.2 Å². The molecular formula is C21H22F3N3. The van der Waals surface area contributed by atoms with Gasteiger partial charge in [0.25, 0.3) is 0 Å². The summed E-state index contributed by atoms with van der Waals surface area (Å²) in [5.41, 5.74) is 9.87. The third-order valence-corrected chi connectivity index (χ3v) is 5.34. The Kier molecular flexibility index (Phi) is 4.60. The third-order valence-electron chi connectivity index (χ3n) is 5.34. The topological polar surface area (TPSA) is 34.2 Å². The summed E-state index contributed by atoms with van der Waals surface area (Å²) in [5, 5.41) is 1.17. The highest BCUT2D eigenvalue weighted by Crippen LogP contribution is 2.36. The molecule has 6 heteroatoms. The first-order valence-corrected chi connectivity index (χ1v) is 9.16. The number of nitrogen functional groups attached to an aromatic ring is 1. The molecule has 0 bridgehead atoms. The summed E-state index contributed by atoms with van der Waals surface area (Å²) in [6.07, 6.45) is -0.504. The summed E-state index contributed by atoms with van der Waals surface area (Å²) in [7, 11) is 0. The van der Waals surface area contributed by atoms with Gasteiger partial charge in [-0.15, -0.1) is 0 Å². The molecule has 3 aromatic rings. The molecule has 1 saturated heterocycles. The molecule has 2 N–H and O–H groups in total. The van der Waals surface area contributed by atoms with E-state index in [4.69, 9.17) is 5.73 Å². The van der Waals surface area contributed by atoms with Gasteiger partial charge in [-0.25, -0.2) is 0 Å². The lowest BCUT2D eigenvalue weighted by molar-refractivity contribution is -0.147. The van der Waals surface area contributed by atoms with Crippen LogP contribution in [0.1, 0.15) is 24.3 Å². The van der Waals surface area contributed by atoms with Gasteiger partial charge < -0.3 is 10.3 Å². The zero-order chi connectivity index (χ0) is 19.0. The van der Waals surface area contributed by atoms with E-state index in [2.05, 4.69) is 22.9 Å². The number of hydrogen-bond acceptors (Lipinski definition) is 2. The zero-order valence-electron chi connectivity index (χ0n) is 14.9. The summed E-state index contributed by atoms with van der Waals surface area (Å²) < 4.78 is 40.0. The van der Waals surface area contributed by atoms with Gasteiger partial charge >= 0.3 is 6.18 Å². The van der Waals surface area contributed by atoms with Gasteiger partial charge in [0, 0.05) is 23.0 Å². The van der Waals surface area contributed by atoms with E-state index in [1.54, 1.807) is 0 Å². The molecule has 0 aliphatic carbocycles. The van der Waals surface area contributed by atoms with E-state index in [0.717, 1.165) is 24.0 Å². The highest BCUT2D eigenvalue weighted by Gasteiger charge is 2.33. The molecular weight excluding hydrogens is 351 g/mol. The lowest BCUT2D eigenvalue weighted by Crippen LogP contribution is -2.39. The molecule has 3 nitrogen and oxygen atoms in total. The second kappa shape index (κ2) is 6.93. The van der Waals surface area contributed by atoms with Crippen LogP contribution in [0.3, 0.4) is 0 Å². The molecule has 27 heavy (non-hydrogen) atoms. The van der Waals surface area contributed by atoms with E-state index < -0.39 is 12.7 Å². The van der Waals surface area contributed by atoms with E-state index in [9.17, 15) is 13.2 Å². The van der Waals surface area contributed by atoms with Gasteiger partial charge in [-0.3, -0.25) is 4.90 Å². The largest absolute Gasteiger partial charge is 0.401 e. The summed E-state index contributed by atoms with van der Waals surface area (Å²) in [6.45, 7) is 0.143. The molecule has 2 aromatic carbocycles. The van der Waals surface area contributed by atoms with Crippen molar-refractivity contribution in [2.75, 3.05) is 25.4 Å². The predicted octanol–water partition coefficient (Wildman–Crippen LogP) is 4.95. The average Bonchev–Trinajstić information content (AvgIpc) is 3.02. The van der Waals surface area contributed by atoms with Gasteiger partial charge in [-0.2, -0.15) is 13.2 Å². The zero-order valence-corrected chi connectivity index (χ0v) is 14.9. The number of fused-ring (bicyclic) bond motifs is 1. The van der Waals surface area contributed by atoms with Crippen LogP contribution < -0.4 is 5.73 Å². The fraction of sp³-hybridized carbons (Fsp3) is 0.333. The highest BCUT2D eigenvalue weighted by atomic mass is 19.4. The Bertz CT molecular complexity index is 920. The van der Waals surface area contributed by atoms with Gasteiger partial charge in [0.1, 0.15) is 0 Å². The third kappa shape index (κ3) is 3.81. The predicted molar refractivity (Wildman–Crippen MR) is 102 cm³/mol. The fourth-order valence-corrected chi connectivity index (χ4v) is 4.04. The van der Waals surface area contributed by atoms with Crippen molar-refractivity contribution in [3.8, 4) is 5.69 Å². The Balaban J connectivity index is 1.63. The number of benzene rings is 2. The minimum Gasteiger partial charge on any atom is -0.399 e. The van der Waals surface area contributed by atoms with Crippen molar-refractivity contribution < 1.29 is 13.2 Å². The van der Waals surface area contributed by atoms with Gasteiger partial charge in [0.05, 0.1) is 12.1 Å². The number of alkyl halides is 3. The molecule has 1 aliphatic heterocycles. The molecule has 1 aliphatic rings. The lowest BCUT2D eigenvalue weighted by Gasteiger charge is -2.32. The highest BCUT2D eigenvalue weighted by molar-refractivity contribution is 5.86. The molecule has 2 heterocycles. The van der Waals surface area contributed by atoms with E-state index in [0.29, 0.717) is 18.8 Å². The minimum absolute atomic E-state index is 0.273. The lowest BCUT2D eigenvalue weighted by atomic mass is 9.89. The number of anilines is 1. The van der Waals surface area contributed by atoms with Crippen LogP contribution in [-0.2, 0) is 0 Å². The van der Waals surface area contributed by atoms with Crippen molar-refractivity contribution in [2.24, 2.45) is 0 Å². The number of likely N-dealkylation sites (tertiary alicyclic amines) is 1. The Labute approximate surface area is 156 Å².